The maximum atomic E-state index is 10.7. The molecule has 0 saturated carbocycles. The van der Waals surface area contributed by atoms with Crippen molar-refractivity contribution >= 4 is 21.8 Å². The van der Waals surface area contributed by atoms with Crippen molar-refractivity contribution in [2.45, 2.75) is 19.8 Å². The Bertz CT molecular complexity index is 120. The van der Waals surface area contributed by atoms with E-state index in [1.807, 2.05) is 6.92 Å². The van der Waals surface area contributed by atoms with Crippen LogP contribution in [-0.2, 0) is 9.53 Å². The molecule has 0 aliphatic rings. The van der Waals surface area contributed by atoms with Crippen LogP contribution in [0, 0.1) is 0 Å². The number of carbonyl (C=O) groups excluding carboxylic acids is 1. The highest BCUT2D eigenvalue weighted by atomic mass is 79.9. The summed E-state index contributed by atoms with van der Waals surface area (Å²) >= 11 is 3.07. The maximum Gasteiger partial charge on any atom is 0.230 e. The number of nitrogens with one attached hydrogen (secondary N) is 1. The van der Waals surface area contributed by atoms with Gasteiger partial charge in [-0.05, 0) is 19.8 Å². The van der Waals surface area contributed by atoms with Gasteiger partial charge < -0.3 is 10.1 Å². The van der Waals surface area contributed by atoms with Gasteiger partial charge in [-0.15, -0.1) is 0 Å². The molecule has 1 amide bonds. The Morgan fingerprint density at radius 1 is 1.50 bits per heavy atom. The lowest BCUT2D eigenvalue weighted by atomic mass is 10.3. The average molecular weight is 238 g/mol. The van der Waals surface area contributed by atoms with E-state index in [9.17, 15) is 4.79 Å². The number of unbranched alkanes of at least 4 members (excludes halogenated alkanes) is 1. The number of ether oxygens (including phenoxy) is 1. The molecule has 3 nitrogen and oxygen atoms in total. The van der Waals surface area contributed by atoms with E-state index >= 15 is 0 Å². The molecule has 0 rings (SSSR count). The van der Waals surface area contributed by atoms with Gasteiger partial charge in [-0.2, -0.15) is 0 Å². The first-order chi connectivity index (χ1) is 5.81. The van der Waals surface area contributed by atoms with E-state index in [1.165, 1.54) is 0 Å². The topological polar surface area (TPSA) is 38.3 Å². The lowest BCUT2D eigenvalue weighted by Crippen LogP contribution is -2.25. The van der Waals surface area contributed by atoms with Crippen molar-refractivity contribution in [3.63, 3.8) is 0 Å². The van der Waals surface area contributed by atoms with E-state index in [2.05, 4.69) is 21.2 Å². The Morgan fingerprint density at radius 3 is 2.83 bits per heavy atom. The van der Waals surface area contributed by atoms with E-state index in [0.717, 1.165) is 32.6 Å². The van der Waals surface area contributed by atoms with Crippen LogP contribution < -0.4 is 5.32 Å². The van der Waals surface area contributed by atoms with Crippen LogP contribution >= 0.6 is 15.9 Å². The lowest BCUT2D eigenvalue weighted by Gasteiger charge is -2.02. The third kappa shape index (κ3) is 8.01. The molecular formula is C8H16BrNO2. The minimum absolute atomic E-state index is 0.0476. The number of amides is 1. The van der Waals surface area contributed by atoms with Crippen molar-refractivity contribution < 1.29 is 9.53 Å². The lowest BCUT2D eigenvalue weighted by molar-refractivity contribution is -0.118. The van der Waals surface area contributed by atoms with Crippen LogP contribution in [0.4, 0.5) is 0 Å². The highest BCUT2D eigenvalue weighted by molar-refractivity contribution is 9.09. The van der Waals surface area contributed by atoms with E-state index in [0.29, 0.717) is 5.33 Å². The van der Waals surface area contributed by atoms with Crippen LogP contribution in [0.15, 0.2) is 0 Å². The fraction of sp³-hybridized carbons (Fsp3) is 0.875. The number of halogens is 1. The van der Waals surface area contributed by atoms with Gasteiger partial charge in [0.25, 0.3) is 0 Å². The minimum atomic E-state index is 0.0476. The number of carbonyl (C=O) groups is 1. The van der Waals surface area contributed by atoms with E-state index in [1.54, 1.807) is 0 Å². The summed E-state index contributed by atoms with van der Waals surface area (Å²) in [5.74, 6) is 0.0476. The number of hydrogen-bond donors (Lipinski definition) is 1. The van der Waals surface area contributed by atoms with Gasteiger partial charge in [-0.25, -0.2) is 0 Å². The summed E-state index contributed by atoms with van der Waals surface area (Å²) in [6, 6.07) is 0. The summed E-state index contributed by atoms with van der Waals surface area (Å²) < 4.78 is 5.14. The first kappa shape index (κ1) is 11.9. The van der Waals surface area contributed by atoms with Crippen molar-refractivity contribution in [3.8, 4) is 0 Å². The predicted octanol–water partition coefficient (Wildman–Crippen LogP) is 1.31. The second kappa shape index (κ2) is 9.00. The van der Waals surface area contributed by atoms with Gasteiger partial charge in [0.2, 0.25) is 5.91 Å². The molecule has 0 aromatic rings. The van der Waals surface area contributed by atoms with Gasteiger partial charge in [0.1, 0.15) is 0 Å². The highest BCUT2D eigenvalue weighted by Crippen LogP contribution is 1.88. The standard InChI is InChI=1S/C8H16BrNO2/c1-2-12-6-4-3-5-10-8(11)7-9/h2-7H2,1H3,(H,10,11). The van der Waals surface area contributed by atoms with Gasteiger partial charge in [-0.3, -0.25) is 4.79 Å². The molecule has 0 aliphatic carbocycles. The molecule has 1 N–H and O–H groups in total. The summed E-state index contributed by atoms with van der Waals surface area (Å²) in [6.45, 7) is 4.29. The van der Waals surface area contributed by atoms with Crippen molar-refractivity contribution in [3.05, 3.63) is 0 Å². The molecule has 12 heavy (non-hydrogen) atoms. The van der Waals surface area contributed by atoms with Crippen LogP contribution in [0.2, 0.25) is 0 Å². The second-order valence-corrected chi connectivity index (χ2v) is 2.95. The summed E-state index contributed by atoms with van der Waals surface area (Å²) in [7, 11) is 0. The van der Waals surface area contributed by atoms with E-state index in [-0.39, 0.29) is 5.91 Å². The monoisotopic (exact) mass is 237 g/mol. The van der Waals surface area contributed by atoms with Crippen LogP contribution in [0.25, 0.3) is 0 Å². The zero-order chi connectivity index (χ0) is 9.23. The van der Waals surface area contributed by atoms with Gasteiger partial charge in [0, 0.05) is 19.8 Å². The van der Waals surface area contributed by atoms with E-state index < -0.39 is 0 Å². The molecule has 0 aliphatic heterocycles. The minimum Gasteiger partial charge on any atom is -0.382 e. The van der Waals surface area contributed by atoms with Crippen LogP contribution in [0.1, 0.15) is 19.8 Å². The fourth-order valence-electron chi connectivity index (χ4n) is 0.749. The zero-order valence-electron chi connectivity index (χ0n) is 7.44. The Labute approximate surface area is 82.0 Å². The third-order valence-corrected chi connectivity index (χ3v) is 1.87. The van der Waals surface area contributed by atoms with Gasteiger partial charge >= 0.3 is 0 Å². The molecule has 0 fully saturated rings. The normalized spacial score (nSPS) is 9.83. The summed E-state index contributed by atoms with van der Waals surface area (Å²) in [6.07, 6.45) is 2.00. The third-order valence-electron chi connectivity index (χ3n) is 1.36. The van der Waals surface area contributed by atoms with Crippen molar-refractivity contribution in [2.75, 3.05) is 25.1 Å². The smallest absolute Gasteiger partial charge is 0.230 e. The summed E-state index contributed by atoms with van der Waals surface area (Å²) in [5.41, 5.74) is 0. The quantitative estimate of drug-likeness (QED) is 0.536. The van der Waals surface area contributed by atoms with Gasteiger partial charge in [0.05, 0.1) is 5.33 Å². The maximum absolute atomic E-state index is 10.7. The SMILES string of the molecule is CCOCCCCNC(=O)CBr. The first-order valence-corrected chi connectivity index (χ1v) is 5.33. The molecule has 0 spiro atoms. The van der Waals surface area contributed by atoms with Crippen LogP contribution in [0.5, 0.6) is 0 Å². The van der Waals surface area contributed by atoms with Crippen LogP contribution in [0.3, 0.4) is 0 Å². The Kier molecular flexibility index (Phi) is 8.93. The first-order valence-electron chi connectivity index (χ1n) is 4.21. The molecule has 0 radical (unpaired) electrons. The molecule has 0 aromatic heterocycles. The predicted molar refractivity (Wildman–Crippen MR) is 52.5 cm³/mol. The summed E-state index contributed by atoms with van der Waals surface area (Å²) in [4.78, 5) is 10.7. The Morgan fingerprint density at radius 2 is 2.25 bits per heavy atom. The molecule has 72 valence electrons. The molecule has 0 bridgehead atoms. The van der Waals surface area contributed by atoms with Gasteiger partial charge in [0.15, 0.2) is 0 Å². The largest absolute Gasteiger partial charge is 0.382 e. The second-order valence-electron chi connectivity index (χ2n) is 2.39. The molecule has 0 saturated heterocycles. The summed E-state index contributed by atoms with van der Waals surface area (Å²) in [5, 5.41) is 3.16. The molecule has 0 heterocycles. The van der Waals surface area contributed by atoms with Crippen LogP contribution in [-0.4, -0.2) is 31.0 Å². The number of alkyl halides is 1. The molecule has 0 unspecified atom stereocenters. The molecule has 4 heteroatoms. The molecular weight excluding hydrogens is 222 g/mol. The van der Waals surface area contributed by atoms with Crippen molar-refractivity contribution in [2.24, 2.45) is 0 Å². The molecule has 0 atom stereocenters. The fourth-order valence-corrected chi connectivity index (χ4v) is 0.947. The molecule has 0 aromatic carbocycles. The van der Waals surface area contributed by atoms with Crippen molar-refractivity contribution in [1.29, 1.82) is 0 Å². The Balaban J connectivity index is 2.95. The number of rotatable bonds is 7. The highest BCUT2D eigenvalue weighted by Gasteiger charge is 1.95. The van der Waals surface area contributed by atoms with Gasteiger partial charge in [-0.1, -0.05) is 15.9 Å². The average Bonchev–Trinajstić information content (AvgIpc) is 2.10. The van der Waals surface area contributed by atoms with Crippen molar-refractivity contribution in [1.82, 2.24) is 5.32 Å². The number of hydrogen-bond acceptors (Lipinski definition) is 2. The van der Waals surface area contributed by atoms with E-state index in [4.69, 9.17) is 4.74 Å². The zero-order valence-corrected chi connectivity index (χ0v) is 9.02. The Hall–Kier alpha value is -0.0900.